The predicted octanol–water partition coefficient (Wildman–Crippen LogP) is 4.72. The largest absolute Gasteiger partial charge is 0.460 e. The Morgan fingerprint density at radius 1 is 0.919 bits per heavy atom. The molecule has 0 fully saturated rings. The molecule has 190 valence electrons. The van der Waals surface area contributed by atoms with E-state index in [0.717, 1.165) is 35.4 Å². The maximum atomic E-state index is 12.9. The highest BCUT2D eigenvalue weighted by molar-refractivity contribution is 6.39. The fraction of sp³-hybridized carbons (Fsp3) is 0.154. The van der Waals surface area contributed by atoms with Crippen molar-refractivity contribution in [1.29, 1.82) is 5.26 Å². The molecule has 0 atom stereocenters. The van der Waals surface area contributed by atoms with Gasteiger partial charge in [-0.3, -0.25) is 14.4 Å². The SMILES string of the molecule is Cc1ccc(NC(=O)C(=O)NCc2ccc(C=C(C#N)C(=O)Nc3cccc(C(F)(F)F)c3)o2)cc1C. The minimum Gasteiger partial charge on any atom is -0.460 e. The summed E-state index contributed by atoms with van der Waals surface area (Å²) in [5.74, 6) is -2.39. The van der Waals surface area contributed by atoms with E-state index in [2.05, 4.69) is 16.0 Å². The fourth-order valence-electron chi connectivity index (χ4n) is 3.08. The van der Waals surface area contributed by atoms with Gasteiger partial charge in [0.1, 0.15) is 23.2 Å². The van der Waals surface area contributed by atoms with Crippen molar-refractivity contribution in [2.75, 3.05) is 10.6 Å². The number of nitriles is 1. The van der Waals surface area contributed by atoms with Gasteiger partial charge < -0.3 is 20.4 Å². The summed E-state index contributed by atoms with van der Waals surface area (Å²) in [4.78, 5) is 36.6. The molecule has 0 aliphatic heterocycles. The van der Waals surface area contributed by atoms with E-state index in [9.17, 15) is 32.8 Å². The second-order valence-electron chi connectivity index (χ2n) is 7.94. The zero-order chi connectivity index (χ0) is 27.2. The first kappa shape index (κ1) is 26.7. The molecule has 0 aliphatic rings. The number of hydrogen-bond acceptors (Lipinski definition) is 5. The highest BCUT2D eigenvalue weighted by Gasteiger charge is 2.30. The molecule has 3 amide bonds. The van der Waals surface area contributed by atoms with Crippen LogP contribution in [-0.2, 0) is 27.1 Å². The van der Waals surface area contributed by atoms with Crippen LogP contribution in [0.25, 0.3) is 6.08 Å². The van der Waals surface area contributed by atoms with Crippen LogP contribution in [0.2, 0.25) is 0 Å². The number of aryl methyl sites for hydroxylation is 2. The summed E-state index contributed by atoms with van der Waals surface area (Å²) < 4.78 is 44.1. The molecule has 0 unspecified atom stereocenters. The van der Waals surface area contributed by atoms with E-state index in [1.165, 1.54) is 18.2 Å². The van der Waals surface area contributed by atoms with Crippen molar-refractivity contribution >= 4 is 35.2 Å². The Labute approximate surface area is 209 Å². The Morgan fingerprint density at radius 2 is 1.62 bits per heavy atom. The molecule has 0 spiro atoms. The number of hydrogen-bond donors (Lipinski definition) is 3. The van der Waals surface area contributed by atoms with Crippen molar-refractivity contribution < 1.29 is 32.0 Å². The number of nitrogens with zero attached hydrogens (tertiary/aromatic N) is 1. The van der Waals surface area contributed by atoms with Gasteiger partial charge in [0, 0.05) is 17.5 Å². The molecule has 0 bridgehead atoms. The lowest BCUT2D eigenvalue weighted by molar-refractivity contribution is -0.137. The highest BCUT2D eigenvalue weighted by Crippen LogP contribution is 2.30. The molecule has 2 aromatic carbocycles. The molecule has 0 saturated carbocycles. The van der Waals surface area contributed by atoms with Crippen LogP contribution in [0.3, 0.4) is 0 Å². The number of amides is 3. The summed E-state index contributed by atoms with van der Waals surface area (Å²) in [6.07, 6.45) is -3.49. The molecule has 0 aliphatic carbocycles. The summed E-state index contributed by atoms with van der Waals surface area (Å²) in [6, 6.07) is 13.8. The molecule has 1 aromatic heterocycles. The van der Waals surface area contributed by atoms with Crippen LogP contribution in [0, 0.1) is 25.2 Å². The van der Waals surface area contributed by atoms with Gasteiger partial charge in [-0.1, -0.05) is 12.1 Å². The van der Waals surface area contributed by atoms with Gasteiger partial charge in [-0.2, -0.15) is 18.4 Å². The molecule has 0 radical (unpaired) electrons. The maximum absolute atomic E-state index is 12.9. The van der Waals surface area contributed by atoms with Crippen molar-refractivity contribution in [2.45, 2.75) is 26.6 Å². The van der Waals surface area contributed by atoms with Crippen molar-refractivity contribution in [3.63, 3.8) is 0 Å². The van der Waals surface area contributed by atoms with Crippen LogP contribution in [-0.4, -0.2) is 17.7 Å². The number of furan rings is 1. The Morgan fingerprint density at radius 3 is 2.30 bits per heavy atom. The second-order valence-corrected chi connectivity index (χ2v) is 7.94. The van der Waals surface area contributed by atoms with Crippen LogP contribution in [0.4, 0.5) is 24.5 Å². The minimum absolute atomic E-state index is 0.0829. The van der Waals surface area contributed by atoms with Gasteiger partial charge in [-0.15, -0.1) is 0 Å². The van der Waals surface area contributed by atoms with Gasteiger partial charge in [0.2, 0.25) is 0 Å². The topological polar surface area (TPSA) is 124 Å². The lowest BCUT2D eigenvalue weighted by Crippen LogP contribution is -2.34. The second kappa shape index (κ2) is 11.3. The molecule has 3 aromatic rings. The predicted molar refractivity (Wildman–Crippen MR) is 129 cm³/mol. The number of halogens is 3. The zero-order valence-corrected chi connectivity index (χ0v) is 19.7. The van der Waals surface area contributed by atoms with Crippen molar-refractivity contribution in [3.8, 4) is 6.07 Å². The van der Waals surface area contributed by atoms with Crippen LogP contribution in [0.15, 0.2) is 64.6 Å². The summed E-state index contributed by atoms with van der Waals surface area (Å²) in [5.41, 5.74) is 0.958. The van der Waals surface area contributed by atoms with Crippen LogP contribution in [0.5, 0.6) is 0 Å². The molecule has 3 rings (SSSR count). The first-order valence-electron chi connectivity index (χ1n) is 10.8. The molecule has 11 heteroatoms. The monoisotopic (exact) mass is 510 g/mol. The summed E-state index contributed by atoms with van der Waals surface area (Å²) in [6.45, 7) is 3.65. The zero-order valence-electron chi connectivity index (χ0n) is 19.7. The van der Waals surface area contributed by atoms with Gasteiger partial charge in [0.05, 0.1) is 12.1 Å². The van der Waals surface area contributed by atoms with Gasteiger partial charge in [-0.25, -0.2) is 0 Å². The Bertz CT molecular complexity index is 1420. The molecule has 3 N–H and O–H groups in total. The van der Waals surface area contributed by atoms with Crippen molar-refractivity contribution in [3.05, 3.63) is 88.4 Å². The maximum Gasteiger partial charge on any atom is 0.416 e. The van der Waals surface area contributed by atoms with Crippen LogP contribution >= 0.6 is 0 Å². The number of alkyl halides is 3. The van der Waals surface area contributed by atoms with Gasteiger partial charge in [-0.05, 0) is 67.4 Å². The van der Waals surface area contributed by atoms with E-state index in [4.69, 9.17) is 4.42 Å². The number of carbonyl (C=O) groups excluding carboxylic acids is 3. The quantitative estimate of drug-likeness (QED) is 0.252. The van der Waals surface area contributed by atoms with E-state index >= 15 is 0 Å². The smallest absolute Gasteiger partial charge is 0.416 e. The third-order valence-electron chi connectivity index (χ3n) is 5.18. The first-order chi connectivity index (χ1) is 17.5. The number of carbonyl (C=O) groups is 3. The first-order valence-corrected chi connectivity index (χ1v) is 10.8. The lowest BCUT2D eigenvalue weighted by Gasteiger charge is -2.09. The van der Waals surface area contributed by atoms with E-state index in [1.54, 1.807) is 18.2 Å². The molecular weight excluding hydrogens is 489 g/mol. The lowest BCUT2D eigenvalue weighted by atomic mass is 10.1. The van der Waals surface area contributed by atoms with Gasteiger partial charge in [0.25, 0.3) is 5.91 Å². The number of rotatable bonds is 6. The molecule has 8 nitrogen and oxygen atoms in total. The third kappa shape index (κ3) is 7.32. The molecular formula is C26H21F3N4O4. The van der Waals surface area contributed by atoms with E-state index in [0.29, 0.717) is 5.69 Å². The Kier molecular flexibility index (Phi) is 8.14. The molecule has 37 heavy (non-hydrogen) atoms. The van der Waals surface area contributed by atoms with Gasteiger partial charge >= 0.3 is 18.0 Å². The van der Waals surface area contributed by atoms with Crippen LogP contribution in [0.1, 0.15) is 28.2 Å². The fourth-order valence-corrected chi connectivity index (χ4v) is 3.08. The average molecular weight is 510 g/mol. The van der Waals surface area contributed by atoms with E-state index in [1.807, 2.05) is 19.9 Å². The molecule has 1 heterocycles. The standard InChI is InChI=1S/C26H21F3N4O4/c1-15-6-7-20(10-16(15)2)33-25(36)24(35)31-14-22-9-8-21(37-22)11-17(13-30)23(34)32-19-5-3-4-18(12-19)26(27,28)29/h3-12H,14H2,1-2H3,(H,31,35)(H,32,34)(H,33,36). The minimum atomic E-state index is -4.59. The molecule has 0 saturated heterocycles. The van der Waals surface area contributed by atoms with Crippen molar-refractivity contribution in [1.82, 2.24) is 5.32 Å². The van der Waals surface area contributed by atoms with Gasteiger partial charge in [0.15, 0.2) is 0 Å². The third-order valence-corrected chi connectivity index (χ3v) is 5.18. The normalized spacial score (nSPS) is 11.4. The Hall–Kier alpha value is -4.85. The summed E-state index contributed by atoms with van der Waals surface area (Å²) in [7, 11) is 0. The van der Waals surface area contributed by atoms with Crippen molar-refractivity contribution in [2.24, 2.45) is 0 Å². The van der Waals surface area contributed by atoms with E-state index < -0.39 is 35.0 Å². The highest BCUT2D eigenvalue weighted by atomic mass is 19.4. The summed E-state index contributed by atoms with van der Waals surface area (Å²) >= 11 is 0. The summed E-state index contributed by atoms with van der Waals surface area (Å²) in [5, 5.41) is 16.4. The number of benzene rings is 2. The Balaban J connectivity index is 1.59. The van der Waals surface area contributed by atoms with E-state index in [-0.39, 0.29) is 23.8 Å². The number of nitrogens with one attached hydrogen (secondary N) is 3. The van der Waals surface area contributed by atoms with Crippen LogP contribution < -0.4 is 16.0 Å². The number of anilines is 2. The average Bonchev–Trinajstić information content (AvgIpc) is 3.30.